The number of benzene rings is 1. The van der Waals surface area contributed by atoms with E-state index in [0.717, 1.165) is 41.2 Å². The van der Waals surface area contributed by atoms with Crippen molar-refractivity contribution in [2.75, 3.05) is 6.61 Å². The molecule has 0 aliphatic carbocycles. The van der Waals surface area contributed by atoms with Crippen molar-refractivity contribution in [3.05, 3.63) is 27.8 Å². The first-order valence-electron chi connectivity index (χ1n) is 7.55. The molecule has 0 radical (unpaired) electrons. The molecular formula is C17H28ClNO. The lowest BCUT2D eigenvalue weighted by atomic mass is 9.94. The maximum atomic E-state index is 6.30. The predicted molar refractivity (Wildman–Crippen MR) is 87.8 cm³/mol. The Morgan fingerprint density at radius 1 is 1.30 bits per heavy atom. The van der Waals surface area contributed by atoms with Crippen molar-refractivity contribution in [3.8, 4) is 5.75 Å². The Bertz CT molecular complexity index is 443. The molecule has 1 aromatic carbocycles. The maximum absolute atomic E-state index is 6.30. The minimum absolute atomic E-state index is 0.270. The van der Waals surface area contributed by atoms with Crippen LogP contribution in [-0.2, 0) is 6.42 Å². The van der Waals surface area contributed by atoms with Crippen molar-refractivity contribution in [3.63, 3.8) is 0 Å². The lowest BCUT2D eigenvalue weighted by Crippen LogP contribution is -2.26. The van der Waals surface area contributed by atoms with Gasteiger partial charge >= 0.3 is 0 Å². The molecule has 1 atom stereocenters. The zero-order valence-corrected chi connectivity index (χ0v) is 14.2. The van der Waals surface area contributed by atoms with Gasteiger partial charge in [-0.05, 0) is 68.7 Å². The fourth-order valence-electron chi connectivity index (χ4n) is 2.41. The maximum Gasteiger partial charge on any atom is 0.125 e. The van der Waals surface area contributed by atoms with E-state index in [1.165, 1.54) is 5.56 Å². The molecule has 0 bridgehead atoms. The Balaban J connectivity index is 2.87. The lowest BCUT2D eigenvalue weighted by Gasteiger charge is -2.19. The van der Waals surface area contributed by atoms with Gasteiger partial charge in [-0.25, -0.2) is 0 Å². The summed E-state index contributed by atoms with van der Waals surface area (Å²) in [5.74, 6) is 1.54. The summed E-state index contributed by atoms with van der Waals surface area (Å²) in [6, 6.07) is 2.26. The third-order valence-corrected chi connectivity index (χ3v) is 4.29. The van der Waals surface area contributed by atoms with Gasteiger partial charge in [-0.1, -0.05) is 25.4 Å². The number of ether oxygens (including phenoxy) is 1. The molecule has 0 saturated heterocycles. The van der Waals surface area contributed by atoms with Crippen LogP contribution < -0.4 is 10.5 Å². The molecular weight excluding hydrogens is 270 g/mol. The van der Waals surface area contributed by atoms with Crippen molar-refractivity contribution in [1.29, 1.82) is 0 Å². The summed E-state index contributed by atoms with van der Waals surface area (Å²) in [6.45, 7) is 11.2. The van der Waals surface area contributed by atoms with Crippen molar-refractivity contribution < 1.29 is 4.74 Å². The van der Waals surface area contributed by atoms with E-state index in [1.807, 2.05) is 13.0 Å². The van der Waals surface area contributed by atoms with Gasteiger partial charge in [0.1, 0.15) is 5.75 Å². The smallest absolute Gasteiger partial charge is 0.125 e. The number of hydrogen-bond donors (Lipinski definition) is 1. The Kier molecular flexibility index (Phi) is 6.84. The van der Waals surface area contributed by atoms with E-state index in [9.17, 15) is 0 Å². The highest BCUT2D eigenvalue weighted by Gasteiger charge is 2.14. The van der Waals surface area contributed by atoms with E-state index in [2.05, 4.69) is 27.7 Å². The fraction of sp³-hybridized carbons (Fsp3) is 0.647. The molecule has 0 aliphatic rings. The molecule has 1 unspecified atom stereocenters. The number of nitrogens with two attached hydrogens (primary N) is 1. The summed E-state index contributed by atoms with van der Waals surface area (Å²) in [4.78, 5) is 0. The summed E-state index contributed by atoms with van der Waals surface area (Å²) in [7, 11) is 0. The van der Waals surface area contributed by atoms with E-state index < -0.39 is 0 Å². The van der Waals surface area contributed by atoms with Gasteiger partial charge in [0.25, 0.3) is 0 Å². The molecule has 0 spiro atoms. The highest BCUT2D eigenvalue weighted by Crippen LogP contribution is 2.33. The normalized spacial score (nSPS) is 12.8. The topological polar surface area (TPSA) is 35.2 Å². The van der Waals surface area contributed by atoms with Crippen LogP contribution in [0.15, 0.2) is 6.07 Å². The number of rotatable bonds is 7. The van der Waals surface area contributed by atoms with Gasteiger partial charge in [0.2, 0.25) is 0 Å². The highest BCUT2D eigenvalue weighted by atomic mass is 35.5. The van der Waals surface area contributed by atoms with Gasteiger partial charge in [-0.3, -0.25) is 0 Å². The molecule has 0 fully saturated rings. The summed E-state index contributed by atoms with van der Waals surface area (Å²) in [5, 5.41) is 0.828. The average molecular weight is 298 g/mol. The van der Waals surface area contributed by atoms with Crippen LogP contribution in [0.4, 0.5) is 0 Å². The minimum Gasteiger partial charge on any atom is -0.493 e. The molecule has 0 heterocycles. The second kappa shape index (κ2) is 7.90. The quantitative estimate of drug-likeness (QED) is 0.794. The predicted octanol–water partition coefficient (Wildman–Crippen LogP) is 4.66. The SMILES string of the molecule is CCOc1c(C)cc(Cl)c(C)c1CCCC(N)C(C)C. The molecule has 114 valence electrons. The molecule has 2 N–H and O–H groups in total. The Morgan fingerprint density at radius 3 is 2.50 bits per heavy atom. The van der Waals surface area contributed by atoms with Crippen LogP contribution in [0.25, 0.3) is 0 Å². The van der Waals surface area contributed by atoms with Gasteiger partial charge in [0, 0.05) is 11.1 Å². The van der Waals surface area contributed by atoms with Crippen molar-refractivity contribution in [2.45, 2.75) is 59.9 Å². The number of hydrogen-bond acceptors (Lipinski definition) is 2. The first-order valence-corrected chi connectivity index (χ1v) is 7.93. The van der Waals surface area contributed by atoms with E-state index in [4.69, 9.17) is 22.1 Å². The van der Waals surface area contributed by atoms with Gasteiger partial charge < -0.3 is 10.5 Å². The molecule has 0 saturated carbocycles. The molecule has 20 heavy (non-hydrogen) atoms. The van der Waals surface area contributed by atoms with Crippen LogP contribution in [0.3, 0.4) is 0 Å². The molecule has 2 nitrogen and oxygen atoms in total. The molecule has 3 heteroatoms. The minimum atomic E-state index is 0.270. The summed E-state index contributed by atoms with van der Waals surface area (Å²) < 4.78 is 5.82. The largest absolute Gasteiger partial charge is 0.493 e. The second-order valence-corrected chi connectivity index (χ2v) is 6.25. The molecule has 1 rings (SSSR count). The third kappa shape index (κ3) is 4.39. The van der Waals surface area contributed by atoms with Crippen LogP contribution in [0.2, 0.25) is 5.02 Å². The fourth-order valence-corrected chi connectivity index (χ4v) is 2.69. The highest BCUT2D eigenvalue weighted by molar-refractivity contribution is 6.31. The van der Waals surface area contributed by atoms with Gasteiger partial charge in [0.15, 0.2) is 0 Å². The standard InChI is InChI=1S/C17H28ClNO/c1-6-20-17-12(4)10-15(18)13(5)14(17)8-7-9-16(19)11(2)3/h10-11,16H,6-9,19H2,1-5H3. The molecule has 0 amide bonds. The molecule has 0 aromatic heterocycles. The molecule has 1 aromatic rings. The zero-order chi connectivity index (χ0) is 15.3. The van der Waals surface area contributed by atoms with Crippen molar-refractivity contribution in [2.24, 2.45) is 11.7 Å². The first-order chi connectivity index (χ1) is 9.38. The average Bonchev–Trinajstić information content (AvgIpc) is 2.38. The number of halogens is 1. The second-order valence-electron chi connectivity index (χ2n) is 5.84. The Morgan fingerprint density at radius 2 is 1.95 bits per heavy atom. The van der Waals surface area contributed by atoms with Crippen molar-refractivity contribution >= 4 is 11.6 Å². The summed E-state index contributed by atoms with van der Waals surface area (Å²) in [6.07, 6.45) is 3.08. The van der Waals surface area contributed by atoms with Crippen molar-refractivity contribution in [1.82, 2.24) is 0 Å². The monoisotopic (exact) mass is 297 g/mol. The van der Waals surface area contributed by atoms with Crippen LogP contribution in [0.5, 0.6) is 5.75 Å². The van der Waals surface area contributed by atoms with Crippen LogP contribution in [0, 0.1) is 19.8 Å². The number of aryl methyl sites for hydroxylation is 1. The van der Waals surface area contributed by atoms with Crippen LogP contribution >= 0.6 is 11.6 Å². The van der Waals surface area contributed by atoms with Gasteiger partial charge in [-0.2, -0.15) is 0 Å². The van der Waals surface area contributed by atoms with Gasteiger partial charge in [-0.15, -0.1) is 0 Å². The third-order valence-electron chi connectivity index (χ3n) is 3.90. The summed E-state index contributed by atoms with van der Waals surface area (Å²) >= 11 is 6.30. The lowest BCUT2D eigenvalue weighted by molar-refractivity contribution is 0.333. The zero-order valence-electron chi connectivity index (χ0n) is 13.4. The van der Waals surface area contributed by atoms with Crippen LogP contribution in [0.1, 0.15) is 50.3 Å². The van der Waals surface area contributed by atoms with E-state index >= 15 is 0 Å². The molecule has 0 aliphatic heterocycles. The van der Waals surface area contributed by atoms with E-state index in [1.54, 1.807) is 0 Å². The van der Waals surface area contributed by atoms with E-state index in [0.29, 0.717) is 12.5 Å². The van der Waals surface area contributed by atoms with E-state index in [-0.39, 0.29) is 6.04 Å². The Labute approximate surface area is 128 Å². The van der Waals surface area contributed by atoms with Gasteiger partial charge in [0.05, 0.1) is 6.61 Å². The summed E-state index contributed by atoms with van der Waals surface area (Å²) in [5.41, 5.74) is 9.62. The first kappa shape index (κ1) is 17.3. The van der Waals surface area contributed by atoms with Crippen LogP contribution in [-0.4, -0.2) is 12.6 Å². The Hall–Kier alpha value is -0.730.